The van der Waals surface area contributed by atoms with Crippen LogP contribution in [0.5, 0.6) is 0 Å². The van der Waals surface area contributed by atoms with Crippen molar-refractivity contribution in [1.82, 2.24) is 0 Å². The number of rotatable bonds is 3. The van der Waals surface area contributed by atoms with Crippen LogP contribution in [0.3, 0.4) is 0 Å². The highest BCUT2D eigenvalue weighted by Crippen LogP contribution is 2.35. The number of hydrogen-bond acceptors (Lipinski definition) is 5. The van der Waals surface area contributed by atoms with Crippen LogP contribution in [0.25, 0.3) is 0 Å². The van der Waals surface area contributed by atoms with Crippen molar-refractivity contribution in [2.75, 3.05) is 18.6 Å². The molecule has 1 atom stereocenters. The predicted molar refractivity (Wildman–Crippen MR) is 68.5 cm³/mol. The summed E-state index contributed by atoms with van der Waals surface area (Å²) < 4.78 is 4.67. The van der Waals surface area contributed by atoms with E-state index in [0.29, 0.717) is 10.6 Å². The van der Waals surface area contributed by atoms with Crippen molar-refractivity contribution >= 4 is 34.2 Å². The summed E-state index contributed by atoms with van der Waals surface area (Å²) in [5.41, 5.74) is 0.310. The minimum absolute atomic E-state index is 0.0348. The molecule has 1 fully saturated rings. The summed E-state index contributed by atoms with van der Waals surface area (Å²) in [6, 6.07) is 1.65. The Morgan fingerprint density at radius 2 is 2.21 bits per heavy atom. The number of carbonyl (C=O) groups is 3. The molecule has 0 spiro atoms. The molecule has 1 aromatic heterocycles. The zero-order valence-corrected chi connectivity index (χ0v) is 11.3. The van der Waals surface area contributed by atoms with Gasteiger partial charge in [0, 0.05) is 17.8 Å². The first-order valence-electron chi connectivity index (χ1n) is 5.66. The number of amides is 1. The maximum absolute atomic E-state index is 11.9. The first kappa shape index (κ1) is 13.5. The summed E-state index contributed by atoms with van der Waals surface area (Å²) in [6.45, 7) is 1.91. The summed E-state index contributed by atoms with van der Waals surface area (Å²) in [4.78, 5) is 36.7. The molecule has 0 aromatic carbocycles. The fraction of sp³-hybridized carbons (Fsp3) is 0.417. The van der Waals surface area contributed by atoms with E-state index in [0.717, 1.165) is 4.88 Å². The number of methoxy groups -OCH3 is 1. The van der Waals surface area contributed by atoms with Gasteiger partial charge in [-0.2, -0.15) is 0 Å². The van der Waals surface area contributed by atoms with Crippen molar-refractivity contribution in [3.63, 3.8) is 0 Å². The van der Waals surface area contributed by atoms with Gasteiger partial charge in [-0.05, 0) is 13.0 Å². The lowest BCUT2D eigenvalue weighted by Gasteiger charge is -2.15. The predicted octanol–water partition coefficient (Wildman–Crippen LogP) is 1.28. The van der Waals surface area contributed by atoms with Crippen molar-refractivity contribution in [2.45, 2.75) is 13.3 Å². The topological polar surface area (TPSA) is 83.9 Å². The van der Waals surface area contributed by atoms with Crippen LogP contribution in [0, 0.1) is 12.8 Å². The van der Waals surface area contributed by atoms with E-state index < -0.39 is 17.9 Å². The molecule has 1 aliphatic rings. The molecule has 2 heterocycles. The third kappa shape index (κ3) is 2.46. The molecular weight excluding hydrogens is 270 g/mol. The molecule has 1 saturated heterocycles. The van der Waals surface area contributed by atoms with E-state index in [2.05, 4.69) is 4.74 Å². The van der Waals surface area contributed by atoms with Gasteiger partial charge in [0.1, 0.15) is 5.00 Å². The zero-order valence-electron chi connectivity index (χ0n) is 10.5. The lowest BCUT2D eigenvalue weighted by atomic mass is 10.1. The molecule has 6 nitrogen and oxygen atoms in total. The lowest BCUT2D eigenvalue weighted by molar-refractivity contribution is -0.141. The Morgan fingerprint density at radius 1 is 1.53 bits per heavy atom. The maximum Gasteiger partial charge on any atom is 0.340 e. The fourth-order valence-corrected chi connectivity index (χ4v) is 3.05. The van der Waals surface area contributed by atoms with Gasteiger partial charge in [-0.15, -0.1) is 11.3 Å². The second-order valence-electron chi connectivity index (χ2n) is 4.31. The van der Waals surface area contributed by atoms with Gasteiger partial charge >= 0.3 is 11.9 Å². The van der Waals surface area contributed by atoms with Crippen LogP contribution < -0.4 is 4.90 Å². The SMILES string of the molecule is COC(=O)c1cc(C)sc1N1CC(C(=O)O)CC1=O. The smallest absolute Gasteiger partial charge is 0.340 e. The highest BCUT2D eigenvalue weighted by atomic mass is 32.1. The molecule has 1 aromatic rings. The molecule has 7 heteroatoms. The average Bonchev–Trinajstić information content (AvgIpc) is 2.91. The minimum atomic E-state index is -0.997. The van der Waals surface area contributed by atoms with E-state index in [1.165, 1.54) is 23.3 Å². The van der Waals surface area contributed by atoms with Crippen LogP contribution in [0.1, 0.15) is 21.7 Å². The van der Waals surface area contributed by atoms with Gasteiger partial charge in [0.15, 0.2) is 0 Å². The van der Waals surface area contributed by atoms with Crippen LogP contribution in [-0.4, -0.2) is 36.6 Å². The quantitative estimate of drug-likeness (QED) is 0.845. The number of hydrogen-bond donors (Lipinski definition) is 1. The molecule has 1 amide bonds. The van der Waals surface area contributed by atoms with E-state index in [9.17, 15) is 14.4 Å². The van der Waals surface area contributed by atoms with Crippen LogP contribution in [-0.2, 0) is 14.3 Å². The fourth-order valence-electron chi connectivity index (χ4n) is 2.03. The Kier molecular flexibility index (Phi) is 3.57. The van der Waals surface area contributed by atoms with E-state index >= 15 is 0 Å². The molecule has 1 N–H and O–H groups in total. The molecule has 0 bridgehead atoms. The second-order valence-corrected chi connectivity index (χ2v) is 5.55. The Balaban J connectivity index is 2.35. The Hall–Kier alpha value is -1.89. The van der Waals surface area contributed by atoms with Crippen LogP contribution >= 0.6 is 11.3 Å². The number of aliphatic carboxylic acids is 1. The molecule has 102 valence electrons. The number of carboxylic acid groups (broad SMARTS) is 1. The molecule has 0 aliphatic carbocycles. The average molecular weight is 283 g/mol. The van der Waals surface area contributed by atoms with Gasteiger partial charge in [0.05, 0.1) is 18.6 Å². The van der Waals surface area contributed by atoms with Crippen LogP contribution in [0.2, 0.25) is 0 Å². The summed E-state index contributed by atoms with van der Waals surface area (Å²) in [5.74, 6) is -2.52. The van der Waals surface area contributed by atoms with Gasteiger partial charge in [-0.3, -0.25) is 9.59 Å². The van der Waals surface area contributed by atoms with Crippen molar-refractivity contribution in [3.05, 3.63) is 16.5 Å². The Bertz CT molecular complexity index is 550. The molecule has 2 rings (SSSR count). The number of nitrogens with zero attached hydrogens (tertiary/aromatic N) is 1. The molecular formula is C12H13NO5S. The molecule has 0 saturated carbocycles. The monoisotopic (exact) mass is 283 g/mol. The van der Waals surface area contributed by atoms with Gasteiger partial charge in [-0.1, -0.05) is 0 Å². The Morgan fingerprint density at radius 3 is 2.74 bits per heavy atom. The third-order valence-electron chi connectivity index (χ3n) is 2.96. The normalized spacial score (nSPS) is 18.7. The number of esters is 1. The number of carbonyl (C=O) groups excluding carboxylic acids is 2. The lowest BCUT2D eigenvalue weighted by Crippen LogP contribution is -2.26. The first-order valence-corrected chi connectivity index (χ1v) is 6.47. The third-order valence-corrected chi connectivity index (χ3v) is 4.03. The molecule has 1 aliphatic heterocycles. The van der Waals surface area contributed by atoms with Gasteiger partial charge < -0.3 is 14.7 Å². The highest BCUT2D eigenvalue weighted by molar-refractivity contribution is 7.16. The summed E-state index contributed by atoms with van der Waals surface area (Å²) in [5, 5.41) is 9.43. The van der Waals surface area contributed by atoms with E-state index in [4.69, 9.17) is 5.11 Å². The molecule has 0 radical (unpaired) electrons. The number of thiophene rings is 1. The van der Waals surface area contributed by atoms with E-state index in [1.807, 2.05) is 6.92 Å². The summed E-state index contributed by atoms with van der Waals surface area (Å²) in [7, 11) is 1.27. The summed E-state index contributed by atoms with van der Waals surface area (Å²) >= 11 is 1.28. The van der Waals surface area contributed by atoms with Crippen molar-refractivity contribution in [2.24, 2.45) is 5.92 Å². The Labute approximate surface area is 113 Å². The summed E-state index contributed by atoms with van der Waals surface area (Å²) in [6.07, 6.45) is -0.0348. The number of carboxylic acids is 1. The molecule has 1 unspecified atom stereocenters. The van der Waals surface area contributed by atoms with Gasteiger partial charge in [0.25, 0.3) is 0 Å². The van der Waals surface area contributed by atoms with Crippen LogP contribution in [0.15, 0.2) is 6.07 Å². The van der Waals surface area contributed by atoms with Crippen LogP contribution in [0.4, 0.5) is 5.00 Å². The maximum atomic E-state index is 11.9. The number of aryl methyl sites for hydroxylation is 1. The first-order chi connectivity index (χ1) is 8.93. The van der Waals surface area contributed by atoms with E-state index in [1.54, 1.807) is 6.07 Å². The zero-order chi connectivity index (χ0) is 14.2. The number of anilines is 1. The molecule has 19 heavy (non-hydrogen) atoms. The second kappa shape index (κ2) is 5.00. The minimum Gasteiger partial charge on any atom is -0.481 e. The highest BCUT2D eigenvalue weighted by Gasteiger charge is 2.37. The van der Waals surface area contributed by atoms with E-state index in [-0.39, 0.29) is 18.9 Å². The van der Waals surface area contributed by atoms with Gasteiger partial charge in [0.2, 0.25) is 5.91 Å². The van der Waals surface area contributed by atoms with Crippen molar-refractivity contribution in [1.29, 1.82) is 0 Å². The standard InChI is InChI=1S/C12H13NO5S/c1-6-3-8(12(17)18-2)10(19-6)13-5-7(11(15)16)4-9(13)14/h3,7H,4-5H2,1-2H3,(H,15,16). The van der Waals surface area contributed by atoms with Gasteiger partial charge in [-0.25, -0.2) is 4.79 Å². The van der Waals surface area contributed by atoms with Crippen molar-refractivity contribution in [3.8, 4) is 0 Å². The largest absolute Gasteiger partial charge is 0.481 e. The van der Waals surface area contributed by atoms with Crippen molar-refractivity contribution < 1.29 is 24.2 Å². The number of ether oxygens (including phenoxy) is 1.